The van der Waals surface area contributed by atoms with Crippen LogP contribution in [0.25, 0.3) is 5.69 Å². The second-order valence-corrected chi connectivity index (χ2v) is 9.52. The van der Waals surface area contributed by atoms with Gasteiger partial charge in [0.15, 0.2) is 11.5 Å². The van der Waals surface area contributed by atoms with Crippen LogP contribution < -0.4 is 10.6 Å². The van der Waals surface area contributed by atoms with Crippen LogP contribution in [0.4, 0.5) is 13.2 Å². The van der Waals surface area contributed by atoms with E-state index in [1.807, 2.05) is 18.2 Å². The molecule has 0 radical (unpaired) electrons. The van der Waals surface area contributed by atoms with Gasteiger partial charge in [-0.25, -0.2) is 4.68 Å². The Morgan fingerprint density at radius 3 is 2.16 bits per heavy atom. The lowest BCUT2D eigenvalue weighted by molar-refractivity contribution is -0.141. The van der Waals surface area contributed by atoms with Crippen LogP contribution in [-0.2, 0) is 11.0 Å². The van der Waals surface area contributed by atoms with Crippen LogP contribution in [0.2, 0.25) is 5.02 Å². The van der Waals surface area contributed by atoms with Gasteiger partial charge in [-0.2, -0.15) is 18.3 Å². The summed E-state index contributed by atoms with van der Waals surface area (Å²) in [5.41, 5.74) is -1.11. The Kier molecular flexibility index (Phi) is 8.51. The number of aromatic nitrogens is 2. The number of Topliss-reactive ketones (excluding diaryl/α,β-unsaturated/α-hetero) is 1. The number of hydrogen-bond acceptors (Lipinski definition) is 4. The molecule has 7 nitrogen and oxygen atoms in total. The molecular weight excluding hydrogens is 521 g/mol. The summed E-state index contributed by atoms with van der Waals surface area (Å²) in [5.74, 6) is -1.45. The summed E-state index contributed by atoms with van der Waals surface area (Å²) in [6, 6.07) is 15.3. The summed E-state index contributed by atoms with van der Waals surface area (Å²) < 4.78 is 41.6. The number of halogens is 4. The number of alkyl halides is 3. The van der Waals surface area contributed by atoms with E-state index in [-0.39, 0.29) is 47.3 Å². The molecule has 2 amide bonds. The maximum atomic E-state index is 13.5. The lowest BCUT2D eigenvalue weighted by atomic mass is 9.78. The molecule has 1 saturated carbocycles. The molecule has 2 aromatic carbocycles. The molecule has 0 bridgehead atoms. The Labute approximate surface area is 222 Å². The van der Waals surface area contributed by atoms with Crippen LogP contribution in [0.5, 0.6) is 0 Å². The van der Waals surface area contributed by atoms with Crippen LogP contribution in [0.15, 0.2) is 60.8 Å². The van der Waals surface area contributed by atoms with Gasteiger partial charge in [-0.3, -0.25) is 14.4 Å². The van der Waals surface area contributed by atoms with Gasteiger partial charge < -0.3 is 10.6 Å². The molecule has 11 heteroatoms. The summed E-state index contributed by atoms with van der Waals surface area (Å²) in [6.07, 6.45) is -1.52. The van der Waals surface area contributed by atoms with Crippen molar-refractivity contribution in [2.75, 3.05) is 13.1 Å². The summed E-state index contributed by atoms with van der Waals surface area (Å²) >= 11 is 6.06. The zero-order valence-electron chi connectivity index (χ0n) is 20.3. The molecule has 0 unspecified atom stereocenters. The smallest absolute Gasteiger partial charge is 0.354 e. The molecule has 4 rings (SSSR count). The van der Waals surface area contributed by atoms with Crippen molar-refractivity contribution < 1.29 is 27.6 Å². The predicted molar refractivity (Wildman–Crippen MR) is 135 cm³/mol. The molecule has 3 aromatic rings. The van der Waals surface area contributed by atoms with Gasteiger partial charge >= 0.3 is 6.18 Å². The number of amides is 2. The molecule has 1 heterocycles. The largest absolute Gasteiger partial charge is 0.435 e. The lowest BCUT2D eigenvalue weighted by Crippen LogP contribution is -2.39. The Hall–Kier alpha value is -3.66. The normalized spacial score (nSPS) is 17.6. The molecule has 1 fully saturated rings. The van der Waals surface area contributed by atoms with Crippen molar-refractivity contribution in [3.8, 4) is 5.69 Å². The van der Waals surface area contributed by atoms with Crippen molar-refractivity contribution in [3.05, 3.63) is 82.6 Å². The zero-order valence-corrected chi connectivity index (χ0v) is 21.1. The number of carbonyl (C=O) groups is 3. The fourth-order valence-corrected chi connectivity index (χ4v) is 4.79. The molecule has 2 N–H and O–H groups in total. The van der Waals surface area contributed by atoms with Gasteiger partial charge in [0.05, 0.1) is 16.3 Å². The first-order valence-electron chi connectivity index (χ1n) is 12.2. The maximum Gasteiger partial charge on any atom is 0.435 e. The highest BCUT2D eigenvalue weighted by Gasteiger charge is 2.39. The Morgan fingerprint density at radius 2 is 1.50 bits per heavy atom. The van der Waals surface area contributed by atoms with Gasteiger partial charge in [-0.1, -0.05) is 54.1 Å². The number of ketones is 1. The van der Waals surface area contributed by atoms with E-state index in [9.17, 15) is 27.6 Å². The maximum absolute atomic E-state index is 13.5. The van der Waals surface area contributed by atoms with E-state index in [4.69, 9.17) is 11.6 Å². The molecule has 0 saturated heterocycles. The number of nitrogens with zero attached hydrogens (tertiary/aromatic N) is 2. The standard InChI is InChI=1S/C27H26ClF3N4O3/c28-21-8-4-5-9-22(21)35-16-20(24(34-35)27(29,30)31)26(38)33-15-14-32-25(37)19-12-10-18(11-13-19)23(36)17-6-2-1-3-7-17/h1-9,16,18-19H,10-15H2,(H,32,37)(H,33,38). The summed E-state index contributed by atoms with van der Waals surface area (Å²) in [6.45, 7) is -0.0194. The van der Waals surface area contributed by atoms with Crippen LogP contribution >= 0.6 is 11.6 Å². The van der Waals surface area contributed by atoms with E-state index >= 15 is 0 Å². The molecule has 1 aliphatic carbocycles. The Morgan fingerprint density at radius 1 is 0.895 bits per heavy atom. The highest BCUT2D eigenvalue weighted by atomic mass is 35.5. The predicted octanol–water partition coefficient (Wildman–Crippen LogP) is 5.08. The minimum absolute atomic E-state index is 0.0491. The highest BCUT2D eigenvalue weighted by Crippen LogP contribution is 2.33. The summed E-state index contributed by atoms with van der Waals surface area (Å²) in [7, 11) is 0. The quantitative estimate of drug-likeness (QED) is 0.304. The average Bonchev–Trinajstić information content (AvgIpc) is 3.38. The molecule has 0 atom stereocenters. The molecular formula is C27H26ClF3N4O3. The second kappa shape index (κ2) is 11.8. The van der Waals surface area contributed by atoms with Gasteiger partial charge in [0.25, 0.3) is 5.91 Å². The van der Waals surface area contributed by atoms with Gasteiger partial charge in [0.2, 0.25) is 5.91 Å². The van der Waals surface area contributed by atoms with Crippen LogP contribution in [0.3, 0.4) is 0 Å². The number of rotatable bonds is 8. The average molecular weight is 547 g/mol. The van der Waals surface area contributed by atoms with Crippen molar-refractivity contribution in [1.82, 2.24) is 20.4 Å². The first-order chi connectivity index (χ1) is 18.1. The van der Waals surface area contributed by atoms with Gasteiger partial charge in [-0.05, 0) is 37.8 Å². The zero-order chi connectivity index (χ0) is 27.3. The Bertz CT molecular complexity index is 1300. The highest BCUT2D eigenvalue weighted by molar-refractivity contribution is 6.32. The number of benzene rings is 2. The third-order valence-corrected chi connectivity index (χ3v) is 6.88. The number of para-hydroxylation sites is 1. The fraction of sp³-hybridized carbons (Fsp3) is 0.333. The van der Waals surface area contributed by atoms with E-state index in [0.29, 0.717) is 31.2 Å². The van der Waals surface area contributed by atoms with Gasteiger partial charge in [0, 0.05) is 36.7 Å². The molecule has 0 spiro atoms. The molecule has 0 aliphatic heterocycles. The van der Waals surface area contributed by atoms with E-state index in [2.05, 4.69) is 15.7 Å². The van der Waals surface area contributed by atoms with Gasteiger partial charge in [0.1, 0.15) is 0 Å². The van der Waals surface area contributed by atoms with E-state index in [1.54, 1.807) is 24.3 Å². The van der Waals surface area contributed by atoms with Crippen LogP contribution in [0, 0.1) is 11.8 Å². The fourth-order valence-electron chi connectivity index (χ4n) is 4.57. The third-order valence-electron chi connectivity index (χ3n) is 6.56. The second-order valence-electron chi connectivity index (χ2n) is 9.11. The summed E-state index contributed by atoms with van der Waals surface area (Å²) in [5, 5.41) is 8.84. The van der Waals surface area contributed by atoms with Crippen LogP contribution in [0.1, 0.15) is 52.1 Å². The first kappa shape index (κ1) is 27.4. The minimum atomic E-state index is -4.85. The number of carbonyl (C=O) groups excluding carboxylic acids is 3. The van der Waals surface area contributed by atoms with Crippen molar-refractivity contribution in [2.24, 2.45) is 11.8 Å². The minimum Gasteiger partial charge on any atom is -0.354 e. The monoisotopic (exact) mass is 546 g/mol. The van der Waals surface area contributed by atoms with Crippen molar-refractivity contribution in [2.45, 2.75) is 31.9 Å². The third kappa shape index (κ3) is 6.42. The van der Waals surface area contributed by atoms with E-state index in [1.165, 1.54) is 12.1 Å². The van der Waals surface area contributed by atoms with Crippen molar-refractivity contribution in [1.29, 1.82) is 0 Å². The van der Waals surface area contributed by atoms with Crippen molar-refractivity contribution in [3.63, 3.8) is 0 Å². The number of nitrogens with one attached hydrogen (secondary N) is 2. The lowest BCUT2D eigenvalue weighted by Gasteiger charge is -2.27. The van der Waals surface area contributed by atoms with Crippen LogP contribution in [-0.4, -0.2) is 40.5 Å². The molecule has 1 aromatic heterocycles. The van der Waals surface area contributed by atoms with E-state index < -0.39 is 23.3 Å². The molecule has 1 aliphatic rings. The Balaban J connectivity index is 1.27. The topological polar surface area (TPSA) is 93.1 Å². The summed E-state index contributed by atoms with van der Waals surface area (Å²) in [4.78, 5) is 37.7. The van der Waals surface area contributed by atoms with E-state index in [0.717, 1.165) is 10.9 Å². The molecule has 38 heavy (non-hydrogen) atoms. The van der Waals surface area contributed by atoms with Gasteiger partial charge in [-0.15, -0.1) is 0 Å². The molecule has 200 valence electrons. The SMILES string of the molecule is O=C(NCCNC(=O)C1CCC(C(=O)c2ccccc2)CC1)c1cn(-c2ccccc2Cl)nc1C(F)(F)F. The first-order valence-corrected chi connectivity index (χ1v) is 12.6. The number of hydrogen-bond donors (Lipinski definition) is 2. The van der Waals surface area contributed by atoms with Crippen molar-refractivity contribution >= 4 is 29.2 Å².